The van der Waals surface area contributed by atoms with Crippen LogP contribution >= 0.6 is 0 Å². The highest BCUT2D eigenvalue weighted by Crippen LogP contribution is 2.53. The predicted octanol–water partition coefficient (Wildman–Crippen LogP) is 10.5. The molecule has 0 aromatic heterocycles. The van der Waals surface area contributed by atoms with E-state index in [0.29, 0.717) is 57.4 Å². The van der Waals surface area contributed by atoms with Gasteiger partial charge in [0.2, 0.25) is 17.7 Å². The summed E-state index contributed by atoms with van der Waals surface area (Å²) in [5.74, 6) is -9.33. The molecule has 0 spiro atoms. The Morgan fingerprint density at radius 2 is 0.871 bits per heavy atom. The van der Waals surface area contributed by atoms with Crippen LogP contribution in [0.4, 0.5) is 70.2 Å². The lowest BCUT2D eigenvalue weighted by atomic mass is 9.78. The maximum absolute atomic E-state index is 13.7. The summed E-state index contributed by atoms with van der Waals surface area (Å²) in [6.45, 7) is 6.95. The Balaban J connectivity index is 0.000000334. The smallest absolute Gasteiger partial charge is 0.383 e. The summed E-state index contributed by atoms with van der Waals surface area (Å²) in [7, 11) is 4.29. The molecule has 3 atom stereocenters. The number of ether oxygens (including phenoxy) is 2. The zero-order valence-electron chi connectivity index (χ0n) is 47.8. The number of Topliss-reactive ketones (excluding diaryl/α,β-unsaturated/α-hetero) is 2. The van der Waals surface area contributed by atoms with Crippen molar-refractivity contribution in [2.45, 2.75) is 158 Å². The molecule has 0 heterocycles. The van der Waals surface area contributed by atoms with Crippen LogP contribution in [-0.2, 0) is 86.4 Å². The molecule has 0 radical (unpaired) electrons. The van der Waals surface area contributed by atoms with E-state index in [1.807, 2.05) is 13.8 Å². The van der Waals surface area contributed by atoms with Crippen molar-refractivity contribution in [1.82, 2.24) is 21.3 Å². The fraction of sp³-hybridized carbons (Fsp3) is 0.589. The van der Waals surface area contributed by atoms with Crippen LogP contribution < -0.4 is 32.7 Å². The number of hydrogen-bond donors (Lipinski definition) is 6. The van der Waals surface area contributed by atoms with E-state index < -0.39 is 140 Å². The number of carbonyl (C=O) groups is 5. The molecule has 3 aromatic rings. The van der Waals surface area contributed by atoms with Crippen LogP contribution in [0.25, 0.3) is 0 Å². The van der Waals surface area contributed by atoms with Crippen molar-refractivity contribution in [3.05, 3.63) is 105 Å². The van der Waals surface area contributed by atoms with Crippen molar-refractivity contribution in [3.8, 4) is 0 Å². The molecule has 5 rings (SSSR count). The second-order valence-corrected chi connectivity index (χ2v) is 22.4. The van der Waals surface area contributed by atoms with Gasteiger partial charge in [-0.05, 0) is 122 Å². The van der Waals surface area contributed by atoms with Gasteiger partial charge in [-0.15, -0.1) is 0 Å². The molecule has 2 aliphatic rings. The normalized spacial score (nSPS) is 16.1. The Morgan fingerprint density at radius 3 is 1.24 bits per heavy atom. The van der Waals surface area contributed by atoms with Crippen molar-refractivity contribution in [2.24, 2.45) is 17.4 Å². The van der Waals surface area contributed by atoms with Gasteiger partial charge in [-0.1, -0.05) is 27.7 Å². The van der Waals surface area contributed by atoms with E-state index in [4.69, 9.17) is 20.9 Å². The van der Waals surface area contributed by atoms with Gasteiger partial charge in [0.05, 0.1) is 60.1 Å². The second kappa shape index (κ2) is 28.3. The van der Waals surface area contributed by atoms with E-state index in [9.17, 15) is 94.2 Å². The van der Waals surface area contributed by atoms with Gasteiger partial charge in [0, 0.05) is 57.5 Å². The molecule has 85 heavy (non-hydrogen) atoms. The third-order valence-corrected chi connectivity index (χ3v) is 13.9. The molecule has 3 amide bonds. The largest absolute Gasteiger partial charge is 0.416 e. The number of carbonyl (C=O) groups excluding carboxylic acids is 5. The van der Waals surface area contributed by atoms with Gasteiger partial charge in [-0.3, -0.25) is 24.0 Å². The molecule has 0 saturated heterocycles. The zero-order chi connectivity index (χ0) is 65.3. The minimum absolute atomic E-state index is 0.0395. The molecule has 0 bridgehead atoms. The fourth-order valence-electron chi connectivity index (χ4n) is 8.74. The van der Waals surface area contributed by atoms with Crippen LogP contribution in [0.1, 0.15) is 137 Å². The summed E-state index contributed by atoms with van der Waals surface area (Å²) in [6.07, 6.45) is -18.0. The van der Waals surface area contributed by atoms with Crippen molar-refractivity contribution in [1.29, 1.82) is 0 Å². The number of methoxy groups -OCH3 is 2. The van der Waals surface area contributed by atoms with Crippen LogP contribution in [0.3, 0.4) is 0 Å². The number of amides is 3. The molecule has 0 unspecified atom stereocenters. The Morgan fingerprint density at radius 1 is 0.518 bits per heavy atom. The van der Waals surface area contributed by atoms with E-state index >= 15 is 0 Å². The molecule has 13 nitrogen and oxygen atoms in total. The van der Waals surface area contributed by atoms with Gasteiger partial charge in [-0.2, -0.15) is 52.7 Å². The third kappa shape index (κ3) is 22.1. The molecular weight excluding hydrogens is 1170 g/mol. The first kappa shape index (κ1) is 73.3. The average Bonchev–Trinajstić information content (AvgIpc) is 2.18. The molecule has 3 aromatic carbocycles. The van der Waals surface area contributed by atoms with Crippen LogP contribution in [-0.4, -0.2) is 95.0 Å². The van der Waals surface area contributed by atoms with Crippen LogP contribution in [0.15, 0.2) is 54.6 Å². The molecule has 2 saturated carbocycles. The number of ketones is 2. The molecule has 0 aliphatic heterocycles. The van der Waals surface area contributed by atoms with Gasteiger partial charge in [-0.25, -0.2) is 17.6 Å². The Labute approximate surface area is 480 Å². The summed E-state index contributed by atoms with van der Waals surface area (Å²) < 4.78 is 222. The Hall–Kier alpha value is -5.91. The number of nitrogens with two attached hydrogens (primary N) is 2. The Kier molecular flexibility index (Phi) is 24.4. The molecule has 2 aliphatic carbocycles. The van der Waals surface area contributed by atoms with Crippen LogP contribution in [0, 0.1) is 5.92 Å². The SMILES string of the molecule is CN[C@H](CC(C)C)C(=O)NC1(c2cc(C(F)(F)F)cc(C(F)(F)F)c2)CC1.COC[C@@H](N)C(=O)NCC(=O)CC(C)(C)c1cc(C(C)(F)F)cc(C(F)(F)F)c1.COC[C@@H](N)C(=O)NCC(=O)CC1(c2cc(C(C)(F)F)cc(C(F)(F)F)c2)CC1. The van der Waals surface area contributed by atoms with Gasteiger partial charge in [0.15, 0.2) is 11.6 Å². The quantitative estimate of drug-likeness (QED) is 0.0469. The van der Waals surface area contributed by atoms with Crippen molar-refractivity contribution in [3.63, 3.8) is 0 Å². The van der Waals surface area contributed by atoms with Crippen molar-refractivity contribution < 1.29 is 104 Å². The van der Waals surface area contributed by atoms with E-state index in [0.717, 1.165) is 24.3 Å². The molecule has 2 fully saturated rings. The highest BCUT2D eigenvalue weighted by atomic mass is 19.4. The lowest BCUT2D eigenvalue weighted by molar-refractivity contribution is -0.143. The summed E-state index contributed by atoms with van der Waals surface area (Å²) in [5, 5.41) is 10.2. The number of hydrogen-bond acceptors (Lipinski definition) is 10. The highest BCUT2D eigenvalue weighted by Gasteiger charge is 2.50. The molecule has 478 valence electrons. The van der Waals surface area contributed by atoms with E-state index in [1.54, 1.807) is 7.05 Å². The highest BCUT2D eigenvalue weighted by molar-refractivity contribution is 5.90. The standard InChI is InChI=1S/C19H23F5N2O3.C19H25F5N2O3.C18H22F6N2O/c1-17(20,21)11-5-12(7-13(6-11)19(22,23)24)18(3-4-18)8-14(27)9-26-16(28)15(25)10-29-2;1-17(2,8-14(27)9-26-16(28)15(25)10-29-4)11-5-12(18(3,20)21)7-13(6-11)19(22,23)24;1-10(2)6-14(25-3)15(27)26-16(4-5-16)11-7-12(17(19,20)21)9-13(8-11)18(22,23)24/h5-7,15H,3-4,8-10,25H2,1-2H3,(H,26,28);5-7,15H,8-10,25H2,1-4H3,(H,26,28);7-10,14,25H,4-6H2,1-3H3,(H,26,27)/t2*15-;14-/m111/s1. The van der Waals surface area contributed by atoms with Crippen molar-refractivity contribution >= 4 is 29.3 Å². The number of halogens is 16. The van der Waals surface area contributed by atoms with E-state index in [2.05, 4.69) is 21.3 Å². The van der Waals surface area contributed by atoms with E-state index in [-0.39, 0.29) is 74.1 Å². The maximum atomic E-state index is 13.7. The predicted molar refractivity (Wildman–Crippen MR) is 279 cm³/mol. The summed E-state index contributed by atoms with van der Waals surface area (Å²) >= 11 is 0. The van der Waals surface area contributed by atoms with Gasteiger partial charge in [0.25, 0.3) is 11.8 Å². The zero-order valence-corrected chi connectivity index (χ0v) is 47.8. The first-order chi connectivity index (χ1) is 38.6. The number of alkyl halides is 16. The van der Waals surface area contributed by atoms with Crippen LogP contribution in [0.2, 0.25) is 0 Å². The number of nitrogens with one attached hydrogen (secondary N) is 4. The molecular formula is C56H70F16N6O7. The topological polar surface area (TPSA) is 204 Å². The summed E-state index contributed by atoms with van der Waals surface area (Å²) in [5.41, 5.74) is 0.896. The van der Waals surface area contributed by atoms with Crippen molar-refractivity contribution in [2.75, 3.05) is 47.6 Å². The molecule has 29 heteroatoms. The van der Waals surface area contributed by atoms with Gasteiger partial charge in [0.1, 0.15) is 12.1 Å². The average molecular weight is 1240 g/mol. The Bertz CT molecular complexity index is 2590. The summed E-state index contributed by atoms with van der Waals surface area (Å²) in [4.78, 5) is 60.4. The lowest BCUT2D eigenvalue weighted by Gasteiger charge is -2.27. The van der Waals surface area contributed by atoms with Crippen LogP contribution in [0.5, 0.6) is 0 Å². The maximum Gasteiger partial charge on any atom is 0.416 e. The summed E-state index contributed by atoms with van der Waals surface area (Å²) in [6, 6.07) is 3.39. The minimum Gasteiger partial charge on any atom is -0.383 e. The first-order valence-electron chi connectivity index (χ1n) is 26.2. The van der Waals surface area contributed by atoms with Gasteiger partial charge >= 0.3 is 24.7 Å². The fourth-order valence-corrected chi connectivity index (χ4v) is 8.74. The number of likely N-dealkylation sites (N-methyl/N-ethyl adjacent to an activating group) is 1. The monoisotopic (exact) mass is 1240 g/mol. The first-order valence-corrected chi connectivity index (χ1v) is 26.2. The second-order valence-electron chi connectivity index (χ2n) is 22.4. The number of benzene rings is 3. The third-order valence-electron chi connectivity index (χ3n) is 13.9. The van der Waals surface area contributed by atoms with E-state index in [1.165, 1.54) is 28.1 Å². The lowest BCUT2D eigenvalue weighted by Crippen LogP contribution is -2.47. The minimum atomic E-state index is -4.92. The van der Waals surface area contributed by atoms with Gasteiger partial charge < -0.3 is 42.2 Å². The molecule has 8 N–H and O–H groups in total. The number of rotatable bonds is 24.